The van der Waals surface area contributed by atoms with E-state index < -0.39 is 11.9 Å². The summed E-state index contributed by atoms with van der Waals surface area (Å²) in [7, 11) is 0. The number of anilines is 1. The van der Waals surface area contributed by atoms with Crippen molar-refractivity contribution in [3.63, 3.8) is 0 Å². The van der Waals surface area contributed by atoms with Crippen LogP contribution in [0.25, 0.3) is 0 Å². The summed E-state index contributed by atoms with van der Waals surface area (Å²) < 4.78 is 5.93. The molecule has 154 valence electrons. The fourth-order valence-electron chi connectivity index (χ4n) is 3.44. The number of ether oxygens (including phenoxy) is 1. The van der Waals surface area contributed by atoms with Crippen LogP contribution in [0.2, 0.25) is 0 Å². The van der Waals surface area contributed by atoms with Gasteiger partial charge in [-0.05, 0) is 19.1 Å². The average Bonchev–Trinajstić information content (AvgIpc) is 3.13. The molecule has 1 fully saturated rings. The van der Waals surface area contributed by atoms with E-state index in [0.29, 0.717) is 17.1 Å². The van der Waals surface area contributed by atoms with Gasteiger partial charge in [0, 0.05) is 17.3 Å². The number of rotatable bonds is 3. The number of nitrogens with zero attached hydrogens (tertiary/aromatic N) is 4. The van der Waals surface area contributed by atoms with Crippen LogP contribution in [-0.4, -0.2) is 33.8 Å². The van der Waals surface area contributed by atoms with Crippen molar-refractivity contribution in [1.82, 2.24) is 20.8 Å². The minimum atomic E-state index is -1.04. The summed E-state index contributed by atoms with van der Waals surface area (Å²) in [6, 6.07) is 19.1. The van der Waals surface area contributed by atoms with Crippen LogP contribution in [0.4, 0.5) is 5.69 Å². The van der Waals surface area contributed by atoms with E-state index in [2.05, 4.69) is 31.1 Å². The fraction of sp³-hybridized carbons (Fsp3) is 0.136. The van der Waals surface area contributed by atoms with Gasteiger partial charge in [-0.2, -0.15) is 10.4 Å². The zero-order valence-corrected chi connectivity index (χ0v) is 16.6. The number of aromatic nitrogens is 2. The van der Waals surface area contributed by atoms with Crippen molar-refractivity contribution in [2.45, 2.75) is 18.8 Å². The minimum absolute atomic E-state index is 0.142. The zero-order chi connectivity index (χ0) is 21.3. The Labute approximate surface area is 178 Å². The first-order chi connectivity index (χ1) is 15.1. The molecule has 9 heteroatoms. The van der Waals surface area contributed by atoms with Crippen molar-refractivity contribution in [1.29, 1.82) is 0 Å². The van der Waals surface area contributed by atoms with Crippen molar-refractivity contribution >= 4 is 23.3 Å². The van der Waals surface area contributed by atoms with Crippen molar-refractivity contribution in [2.75, 3.05) is 5.32 Å². The van der Waals surface area contributed by atoms with Crippen LogP contribution >= 0.6 is 0 Å². The van der Waals surface area contributed by atoms with Crippen LogP contribution in [0, 0.1) is 0 Å². The number of amides is 1. The molecule has 2 aliphatic rings. The molecule has 3 heterocycles. The van der Waals surface area contributed by atoms with Gasteiger partial charge in [0.1, 0.15) is 12.0 Å². The number of carbonyl (C=O) groups excluding carboxylic acids is 1. The molecular weight excluding hydrogens is 394 g/mol. The quantitative estimate of drug-likeness (QED) is 0.605. The molecule has 2 atom stereocenters. The lowest BCUT2D eigenvalue weighted by Crippen LogP contribution is -2.40. The third-order valence-electron chi connectivity index (χ3n) is 4.99. The monoisotopic (exact) mass is 413 g/mol. The molecule has 31 heavy (non-hydrogen) atoms. The number of aliphatic imine (C=N–C) groups is 2. The molecule has 0 bridgehead atoms. The minimum Gasteiger partial charge on any atom is -0.435 e. The molecule has 2 aromatic carbocycles. The maximum absolute atomic E-state index is 12.9. The van der Waals surface area contributed by atoms with Gasteiger partial charge in [-0.1, -0.05) is 48.5 Å². The third kappa shape index (κ3) is 3.62. The van der Waals surface area contributed by atoms with E-state index in [9.17, 15) is 4.79 Å². The Morgan fingerprint density at radius 3 is 2.68 bits per heavy atom. The number of nitrogens with one attached hydrogen (secondary N) is 3. The van der Waals surface area contributed by atoms with Crippen LogP contribution in [0.15, 0.2) is 83.2 Å². The van der Waals surface area contributed by atoms with E-state index in [1.807, 2.05) is 54.6 Å². The SMILES string of the molecule is CC1(c2ccncn2)NN/C(=N\C2N=C(c3ccccc3)c3ccccc3NC2=O)O1. The summed E-state index contributed by atoms with van der Waals surface area (Å²) in [5, 5.41) is 2.91. The van der Waals surface area contributed by atoms with E-state index in [-0.39, 0.29) is 11.9 Å². The summed E-state index contributed by atoms with van der Waals surface area (Å²) in [4.78, 5) is 30.2. The lowest BCUT2D eigenvalue weighted by Gasteiger charge is -2.20. The topological polar surface area (TPSA) is 113 Å². The van der Waals surface area contributed by atoms with Gasteiger partial charge in [0.25, 0.3) is 5.91 Å². The zero-order valence-electron chi connectivity index (χ0n) is 16.6. The Hall–Kier alpha value is -4.11. The summed E-state index contributed by atoms with van der Waals surface area (Å²) in [6.07, 6.45) is 2.02. The van der Waals surface area contributed by atoms with Crippen LogP contribution in [0.3, 0.4) is 0 Å². The predicted octanol–water partition coefficient (Wildman–Crippen LogP) is 1.95. The molecular formula is C22H19N7O2. The summed E-state index contributed by atoms with van der Waals surface area (Å²) in [5.74, 6) is -0.355. The Kier molecular flexibility index (Phi) is 4.64. The Morgan fingerprint density at radius 1 is 1.06 bits per heavy atom. The summed E-state index contributed by atoms with van der Waals surface area (Å²) in [6.45, 7) is 1.80. The second-order valence-electron chi connectivity index (χ2n) is 7.17. The van der Waals surface area contributed by atoms with E-state index in [1.54, 1.807) is 19.2 Å². The second-order valence-corrected chi connectivity index (χ2v) is 7.17. The first-order valence-electron chi connectivity index (χ1n) is 9.72. The highest BCUT2D eigenvalue weighted by Crippen LogP contribution is 2.26. The highest BCUT2D eigenvalue weighted by Gasteiger charge is 2.38. The maximum Gasteiger partial charge on any atom is 0.304 e. The van der Waals surface area contributed by atoms with Gasteiger partial charge in [-0.15, -0.1) is 0 Å². The molecule has 2 aliphatic heterocycles. The standard InChI is InChI=1S/C22H19N7O2/c1-22(17-11-12-23-13-24-17)29-28-21(31-22)27-19-20(30)25-16-10-6-5-9-15(16)18(26-19)14-7-3-2-4-8-14/h2-13,19,29H,1H3,(H,25,30)(H,27,28). The molecule has 2 unspecified atom stereocenters. The number of hydrazine groups is 1. The van der Waals surface area contributed by atoms with Gasteiger partial charge in [0.15, 0.2) is 0 Å². The number of benzodiazepines with no additional fused rings is 1. The number of hydrogen-bond donors (Lipinski definition) is 3. The first kappa shape index (κ1) is 18.9. The number of amidine groups is 1. The van der Waals surface area contributed by atoms with Gasteiger partial charge in [0.2, 0.25) is 11.9 Å². The fourth-order valence-corrected chi connectivity index (χ4v) is 3.44. The second kappa shape index (κ2) is 7.62. The van der Waals surface area contributed by atoms with Crippen molar-refractivity contribution in [3.05, 3.63) is 90.0 Å². The molecule has 0 radical (unpaired) electrons. The van der Waals surface area contributed by atoms with Crippen LogP contribution in [0.5, 0.6) is 0 Å². The number of fused-ring (bicyclic) bond motifs is 1. The maximum atomic E-state index is 12.9. The number of benzene rings is 2. The number of carbonyl (C=O) groups is 1. The predicted molar refractivity (Wildman–Crippen MR) is 115 cm³/mol. The Balaban J connectivity index is 1.52. The molecule has 9 nitrogen and oxygen atoms in total. The van der Waals surface area contributed by atoms with Crippen molar-refractivity contribution < 1.29 is 9.53 Å². The van der Waals surface area contributed by atoms with E-state index in [1.165, 1.54) is 6.33 Å². The third-order valence-corrected chi connectivity index (χ3v) is 4.99. The molecule has 1 amide bonds. The van der Waals surface area contributed by atoms with Gasteiger partial charge < -0.3 is 10.1 Å². The molecule has 0 spiro atoms. The average molecular weight is 413 g/mol. The molecule has 3 N–H and O–H groups in total. The molecule has 5 rings (SSSR count). The molecule has 1 saturated heterocycles. The van der Waals surface area contributed by atoms with Gasteiger partial charge >= 0.3 is 6.02 Å². The summed E-state index contributed by atoms with van der Waals surface area (Å²) in [5.41, 5.74) is 8.61. The van der Waals surface area contributed by atoms with Crippen LogP contribution in [-0.2, 0) is 15.3 Å². The summed E-state index contributed by atoms with van der Waals surface area (Å²) >= 11 is 0. The lowest BCUT2D eigenvalue weighted by atomic mass is 10.0. The van der Waals surface area contributed by atoms with Gasteiger partial charge in [-0.25, -0.2) is 15.0 Å². The van der Waals surface area contributed by atoms with Crippen molar-refractivity contribution in [3.8, 4) is 0 Å². The molecule has 1 aromatic heterocycles. The smallest absolute Gasteiger partial charge is 0.304 e. The van der Waals surface area contributed by atoms with Crippen LogP contribution < -0.4 is 16.2 Å². The number of para-hydroxylation sites is 1. The number of hydrogen-bond acceptors (Lipinski definition) is 7. The van der Waals surface area contributed by atoms with E-state index in [0.717, 1.165) is 11.1 Å². The lowest BCUT2D eigenvalue weighted by molar-refractivity contribution is -0.117. The van der Waals surface area contributed by atoms with Crippen LogP contribution in [0.1, 0.15) is 23.7 Å². The largest absolute Gasteiger partial charge is 0.435 e. The van der Waals surface area contributed by atoms with E-state index in [4.69, 9.17) is 9.73 Å². The molecule has 0 aliphatic carbocycles. The van der Waals surface area contributed by atoms with Crippen molar-refractivity contribution in [2.24, 2.45) is 9.98 Å². The Morgan fingerprint density at radius 2 is 1.87 bits per heavy atom. The first-order valence-corrected chi connectivity index (χ1v) is 9.72. The molecule has 0 saturated carbocycles. The van der Waals surface area contributed by atoms with Gasteiger partial charge in [-0.3, -0.25) is 10.2 Å². The highest BCUT2D eigenvalue weighted by molar-refractivity contribution is 6.19. The molecule has 3 aromatic rings. The normalized spacial score (nSPS) is 23.8. The van der Waals surface area contributed by atoms with Gasteiger partial charge in [0.05, 0.1) is 11.4 Å². The highest BCUT2D eigenvalue weighted by atomic mass is 16.6. The Bertz CT molecular complexity index is 1180. The van der Waals surface area contributed by atoms with E-state index >= 15 is 0 Å².